The maximum Gasteiger partial charge on any atom is 0.0928 e. The third kappa shape index (κ3) is 5.50. The zero-order chi connectivity index (χ0) is 12.5. The summed E-state index contributed by atoms with van der Waals surface area (Å²) in [6, 6.07) is 7.37. The molecule has 96 valence electrons. The molecule has 0 amide bonds. The zero-order valence-corrected chi connectivity index (χ0v) is 10.9. The molecule has 1 aromatic rings. The molecule has 0 bridgehead atoms. The molecule has 2 N–H and O–H groups in total. The van der Waals surface area contributed by atoms with Gasteiger partial charge >= 0.3 is 0 Å². The molecule has 0 heterocycles. The Morgan fingerprint density at radius 2 is 2.12 bits per heavy atom. The highest BCUT2D eigenvalue weighted by Crippen LogP contribution is 2.21. The first kappa shape index (κ1) is 14.5. The number of ether oxygens (including phenoxy) is 1. The van der Waals surface area contributed by atoms with Gasteiger partial charge in [-0.2, -0.15) is 0 Å². The Bertz CT molecular complexity index is 320. The van der Waals surface area contributed by atoms with Crippen LogP contribution >= 0.6 is 11.6 Å². The second-order valence-electron chi connectivity index (χ2n) is 3.94. The van der Waals surface area contributed by atoms with Crippen molar-refractivity contribution in [2.75, 3.05) is 26.8 Å². The maximum atomic E-state index is 9.93. The van der Waals surface area contributed by atoms with Crippen molar-refractivity contribution in [1.29, 1.82) is 0 Å². The summed E-state index contributed by atoms with van der Waals surface area (Å²) in [6.45, 7) is 2.19. The average molecular weight is 258 g/mol. The molecule has 1 unspecified atom stereocenters. The fourth-order valence-electron chi connectivity index (χ4n) is 1.59. The first-order valence-electron chi connectivity index (χ1n) is 5.88. The molecule has 0 spiro atoms. The van der Waals surface area contributed by atoms with Crippen LogP contribution < -0.4 is 5.32 Å². The van der Waals surface area contributed by atoms with Crippen molar-refractivity contribution >= 4 is 11.6 Å². The van der Waals surface area contributed by atoms with E-state index in [0.717, 1.165) is 31.6 Å². The number of benzene rings is 1. The lowest BCUT2D eigenvalue weighted by Crippen LogP contribution is -2.22. The molecular weight excluding hydrogens is 238 g/mol. The molecule has 0 aliphatic carbocycles. The van der Waals surface area contributed by atoms with Gasteiger partial charge in [0, 0.05) is 30.8 Å². The second-order valence-corrected chi connectivity index (χ2v) is 4.35. The van der Waals surface area contributed by atoms with Gasteiger partial charge in [0.15, 0.2) is 0 Å². The largest absolute Gasteiger partial charge is 0.387 e. The lowest BCUT2D eigenvalue weighted by molar-refractivity contribution is 0.172. The topological polar surface area (TPSA) is 41.5 Å². The second kappa shape index (κ2) is 8.48. The highest BCUT2D eigenvalue weighted by molar-refractivity contribution is 6.31. The Labute approximate surface area is 108 Å². The number of hydrogen-bond donors (Lipinski definition) is 2. The number of rotatable bonds is 8. The van der Waals surface area contributed by atoms with E-state index in [0.29, 0.717) is 11.6 Å². The molecule has 3 nitrogen and oxygen atoms in total. The van der Waals surface area contributed by atoms with Crippen LogP contribution in [0, 0.1) is 0 Å². The van der Waals surface area contributed by atoms with Gasteiger partial charge in [0.05, 0.1) is 6.10 Å². The monoisotopic (exact) mass is 257 g/mol. The molecular formula is C13H20ClNO2. The highest BCUT2D eigenvalue weighted by atomic mass is 35.5. The maximum absolute atomic E-state index is 9.93. The van der Waals surface area contributed by atoms with Crippen molar-refractivity contribution in [2.45, 2.75) is 18.9 Å². The normalized spacial score (nSPS) is 12.6. The highest BCUT2D eigenvalue weighted by Gasteiger charge is 2.09. The molecule has 1 aromatic carbocycles. The van der Waals surface area contributed by atoms with Gasteiger partial charge < -0.3 is 15.2 Å². The molecule has 0 radical (unpaired) electrons. The number of hydrogen-bond acceptors (Lipinski definition) is 3. The quantitative estimate of drug-likeness (QED) is 0.703. The summed E-state index contributed by atoms with van der Waals surface area (Å²) >= 11 is 6.00. The van der Waals surface area contributed by atoms with Gasteiger partial charge in [-0.15, -0.1) is 0 Å². The van der Waals surface area contributed by atoms with Crippen molar-refractivity contribution < 1.29 is 9.84 Å². The van der Waals surface area contributed by atoms with Gasteiger partial charge in [-0.05, 0) is 25.5 Å². The predicted octanol–water partition coefficient (Wildman–Crippen LogP) is 2.39. The molecule has 0 aliphatic heterocycles. The number of unbranched alkanes of at least 4 members (excludes halogenated alkanes) is 1. The van der Waals surface area contributed by atoms with Crippen LogP contribution in [0.3, 0.4) is 0 Å². The summed E-state index contributed by atoms with van der Waals surface area (Å²) in [4.78, 5) is 0. The molecule has 4 heteroatoms. The Hall–Kier alpha value is -0.610. The molecule has 0 aliphatic rings. The number of aliphatic hydroxyl groups is 1. The van der Waals surface area contributed by atoms with Crippen molar-refractivity contribution in [3.63, 3.8) is 0 Å². The van der Waals surface area contributed by atoms with E-state index in [1.165, 1.54) is 0 Å². The van der Waals surface area contributed by atoms with Crippen LogP contribution in [-0.2, 0) is 4.74 Å². The summed E-state index contributed by atoms with van der Waals surface area (Å²) in [6.07, 6.45) is 1.53. The Morgan fingerprint density at radius 3 is 2.82 bits per heavy atom. The van der Waals surface area contributed by atoms with Gasteiger partial charge in [0.1, 0.15) is 0 Å². The third-order valence-corrected chi connectivity index (χ3v) is 2.90. The van der Waals surface area contributed by atoms with E-state index in [4.69, 9.17) is 16.3 Å². The van der Waals surface area contributed by atoms with E-state index < -0.39 is 6.10 Å². The molecule has 0 fully saturated rings. The van der Waals surface area contributed by atoms with E-state index in [9.17, 15) is 5.11 Å². The van der Waals surface area contributed by atoms with Gasteiger partial charge in [-0.25, -0.2) is 0 Å². The Morgan fingerprint density at radius 1 is 1.35 bits per heavy atom. The molecule has 0 aromatic heterocycles. The molecule has 0 saturated heterocycles. The van der Waals surface area contributed by atoms with Crippen molar-refractivity contribution in [3.8, 4) is 0 Å². The predicted molar refractivity (Wildman–Crippen MR) is 70.4 cm³/mol. The van der Waals surface area contributed by atoms with Crippen LogP contribution in [0.15, 0.2) is 24.3 Å². The van der Waals surface area contributed by atoms with E-state index in [2.05, 4.69) is 5.32 Å². The molecule has 17 heavy (non-hydrogen) atoms. The zero-order valence-electron chi connectivity index (χ0n) is 10.2. The Balaban J connectivity index is 2.21. The standard InChI is InChI=1S/C13H20ClNO2/c1-17-9-5-4-8-15-10-13(16)11-6-2-3-7-12(11)14/h2-3,6-7,13,15-16H,4-5,8-10H2,1H3. The van der Waals surface area contributed by atoms with Crippen molar-refractivity contribution in [3.05, 3.63) is 34.9 Å². The first-order chi connectivity index (χ1) is 8.25. The summed E-state index contributed by atoms with van der Waals surface area (Å²) in [5.74, 6) is 0. The van der Waals surface area contributed by atoms with Gasteiger partial charge in [0.2, 0.25) is 0 Å². The van der Waals surface area contributed by atoms with Crippen molar-refractivity contribution in [2.24, 2.45) is 0 Å². The summed E-state index contributed by atoms with van der Waals surface area (Å²) in [5.41, 5.74) is 0.776. The third-order valence-electron chi connectivity index (χ3n) is 2.55. The van der Waals surface area contributed by atoms with Crippen LogP contribution in [0.25, 0.3) is 0 Å². The SMILES string of the molecule is COCCCCNCC(O)c1ccccc1Cl. The first-order valence-corrected chi connectivity index (χ1v) is 6.25. The summed E-state index contributed by atoms with van der Waals surface area (Å²) in [7, 11) is 1.70. The van der Waals surface area contributed by atoms with Crippen LogP contribution in [0.1, 0.15) is 24.5 Å². The minimum Gasteiger partial charge on any atom is -0.387 e. The fraction of sp³-hybridized carbons (Fsp3) is 0.538. The van der Waals surface area contributed by atoms with Crippen LogP contribution in [-0.4, -0.2) is 31.9 Å². The minimum absolute atomic E-state index is 0.525. The number of halogens is 1. The van der Waals surface area contributed by atoms with Crippen molar-refractivity contribution in [1.82, 2.24) is 5.32 Å². The van der Waals surface area contributed by atoms with Crippen LogP contribution in [0.5, 0.6) is 0 Å². The van der Waals surface area contributed by atoms with E-state index in [-0.39, 0.29) is 0 Å². The smallest absolute Gasteiger partial charge is 0.0928 e. The van der Waals surface area contributed by atoms with Gasteiger partial charge in [-0.3, -0.25) is 0 Å². The van der Waals surface area contributed by atoms with Crippen LogP contribution in [0.4, 0.5) is 0 Å². The van der Waals surface area contributed by atoms with E-state index in [1.54, 1.807) is 13.2 Å². The van der Waals surface area contributed by atoms with Gasteiger partial charge in [0.25, 0.3) is 0 Å². The number of methoxy groups -OCH3 is 1. The van der Waals surface area contributed by atoms with Crippen LogP contribution in [0.2, 0.25) is 5.02 Å². The number of aliphatic hydroxyl groups excluding tert-OH is 1. The average Bonchev–Trinajstić information content (AvgIpc) is 2.34. The lowest BCUT2D eigenvalue weighted by Gasteiger charge is -2.13. The summed E-state index contributed by atoms with van der Waals surface area (Å²) in [5, 5.41) is 13.8. The van der Waals surface area contributed by atoms with E-state index >= 15 is 0 Å². The molecule has 0 saturated carbocycles. The number of nitrogens with one attached hydrogen (secondary N) is 1. The van der Waals surface area contributed by atoms with Gasteiger partial charge in [-0.1, -0.05) is 29.8 Å². The molecule has 1 rings (SSSR count). The lowest BCUT2D eigenvalue weighted by atomic mass is 10.1. The minimum atomic E-state index is -0.550. The molecule has 1 atom stereocenters. The Kier molecular flexibility index (Phi) is 7.21. The van der Waals surface area contributed by atoms with E-state index in [1.807, 2.05) is 18.2 Å². The fourth-order valence-corrected chi connectivity index (χ4v) is 1.85. The summed E-state index contributed by atoms with van der Waals surface area (Å²) < 4.78 is 4.96.